The summed E-state index contributed by atoms with van der Waals surface area (Å²) in [5.74, 6) is 0.701. The molecule has 0 saturated carbocycles. The minimum atomic E-state index is -3.54. The first-order valence-electron chi connectivity index (χ1n) is 7.00. The van der Waals surface area contributed by atoms with E-state index in [9.17, 15) is 13.5 Å². The van der Waals surface area contributed by atoms with Crippen molar-refractivity contribution < 1.29 is 13.5 Å². The summed E-state index contributed by atoms with van der Waals surface area (Å²) < 4.78 is 26.6. The number of aliphatic hydroxyl groups excluding tert-OH is 1. The van der Waals surface area contributed by atoms with Gasteiger partial charge in [0.05, 0.1) is 11.0 Å². The summed E-state index contributed by atoms with van der Waals surface area (Å²) in [6.07, 6.45) is -0.0749. The molecule has 0 aliphatic carbocycles. The van der Waals surface area contributed by atoms with E-state index in [-0.39, 0.29) is 11.4 Å². The van der Waals surface area contributed by atoms with Gasteiger partial charge in [0.1, 0.15) is 0 Å². The second-order valence-electron chi connectivity index (χ2n) is 5.86. The average Bonchev–Trinajstić information content (AvgIpc) is 2.36. The Morgan fingerprint density at radius 2 is 1.65 bits per heavy atom. The van der Waals surface area contributed by atoms with Crippen LogP contribution in [0.25, 0.3) is 0 Å². The fraction of sp³-hybridized carbons (Fsp3) is 0.600. The summed E-state index contributed by atoms with van der Waals surface area (Å²) >= 11 is 0. The maximum absolute atomic E-state index is 12.1. The number of aliphatic hydroxyl groups is 1. The van der Waals surface area contributed by atoms with Crippen LogP contribution in [0.15, 0.2) is 29.2 Å². The van der Waals surface area contributed by atoms with Crippen molar-refractivity contribution in [3.8, 4) is 0 Å². The molecule has 1 aromatic carbocycles. The van der Waals surface area contributed by atoms with Crippen LogP contribution in [0.3, 0.4) is 0 Å². The van der Waals surface area contributed by atoms with E-state index < -0.39 is 16.1 Å². The number of hydrogen-bond acceptors (Lipinski definition) is 3. The first-order chi connectivity index (χ1) is 9.22. The summed E-state index contributed by atoms with van der Waals surface area (Å²) in [6, 6.07) is 6.85. The van der Waals surface area contributed by atoms with Gasteiger partial charge in [0.25, 0.3) is 0 Å². The highest BCUT2D eigenvalue weighted by atomic mass is 32.2. The quantitative estimate of drug-likeness (QED) is 0.813. The fourth-order valence-electron chi connectivity index (χ4n) is 1.95. The Labute approximate surface area is 122 Å². The molecule has 114 valence electrons. The van der Waals surface area contributed by atoms with E-state index in [4.69, 9.17) is 0 Å². The van der Waals surface area contributed by atoms with Gasteiger partial charge >= 0.3 is 0 Å². The topological polar surface area (TPSA) is 66.4 Å². The monoisotopic (exact) mass is 299 g/mol. The molecule has 0 aliphatic heterocycles. The molecule has 0 bridgehead atoms. The molecule has 20 heavy (non-hydrogen) atoms. The lowest BCUT2D eigenvalue weighted by Crippen LogP contribution is -2.32. The summed E-state index contributed by atoms with van der Waals surface area (Å²) in [4.78, 5) is 0.235. The molecular formula is C15H25NO3S. The van der Waals surface area contributed by atoms with Gasteiger partial charge in [0, 0.05) is 6.54 Å². The number of benzene rings is 1. The normalized spacial score (nSPS) is 13.9. The predicted molar refractivity (Wildman–Crippen MR) is 81.2 cm³/mol. The zero-order valence-electron chi connectivity index (χ0n) is 12.6. The maximum Gasteiger partial charge on any atom is 0.240 e. The molecule has 0 amide bonds. The lowest BCUT2D eigenvalue weighted by molar-refractivity contribution is 0.152. The lowest BCUT2D eigenvalue weighted by atomic mass is 10.0. The van der Waals surface area contributed by atoms with Gasteiger partial charge in [-0.2, -0.15) is 0 Å². The van der Waals surface area contributed by atoms with Crippen LogP contribution >= 0.6 is 0 Å². The molecule has 1 atom stereocenters. The molecule has 4 nitrogen and oxygen atoms in total. The number of sulfonamides is 1. The minimum Gasteiger partial charge on any atom is -0.392 e. The van der Waals surface area contributed by atoms with Crippen molar-refractivity contribution in [1.82, 2.24) is 4.72 Å². The molecule has 0 radical (unpaired) electrons. The molecule has 0 spiro atoms. The van der Waals surface area contributed by atoms with E-state index in [1.54, 1.807) is 12.1 Å². The van der Waals surface area contributed by atoms with Gasteiger partial charge in [0.2, 0.25) is 10.0 Å². The summed E-state index contributed by atoms with van der Waals surface area (Å²) in [5, 5.41) is 9.72. The van der Waals surface area contributed by atoms with Crippen molar-refractivity contribution in [2.24, 2.45) is 5.92 Å². The second-order valence-corrected chi connectivity index (χ2v) is 7.63. The van der Waals surface area contributed by atoms with Crippen molar-refractivity contribution in [3.63, 3.8) is 0 Å². The molecule has 2 N–H and O–H groups in total. The van der Waals surface area contributed by atoms with Crippen LogP contribution < -0.4 is 4.72 Å². The molecule has 1 aromatic rings. The van der Waals surface area contributed by atoms with Gasteiger partial charge in [-0.15, -0.1) is 0 Å². The Morgan fingerprint density at radius 3 is 2.10 bits per heavy atom. The Hall–Kier alpha value is -0.910. The zero-order chi connectivity index (χ0) is 15.3. The van der Waals surface area contributed by atoms with Crippen LogP contribution in [0.5, 0.6) is 0 Å². The Kier molecular flexibility index (Phi) is 6.17. The van der Waals surface area contributed by atoms with Crippen LogP contribution in [0.2, 0.25) is 0 Å². The van der Waals surface area contributed by atoms with Crippen molar-refractivity contribution >= 4 is 10.0 Å². The third-order valence-electron chi connectivity index (χ3n) is 3.11. The largest absolute Gasteiger partial charge is 0.392 e. The smallest absolute Gasteiger partial charge is 0.240 e. The minimum absolute atomic E-state index is 0.0481. The van der Waals surface area contributed by atoms with Crippen molar-refractivity contribution in [3.05, 3.63) is 29.8 Å². The highest BCUT2D eigenvalue weighted by Gasteiger charge is 2.16. The number of rotatable bonds is 7. The van der Waals surface area contributed by atoms with Crippen molar-refractivity contribution in [1.29, 1.82) is 0 Å². The molecular weight excluding hydrogens is 274 g/mol. The van der Waals surface area contributed by atoms with Gasteiger partial charge in [-0.05, 0) is 36.0 Å². The van der Waals surface area contributed by atoms with Crippen LogP contribution in [-0.4, -0.2) is 26.2 Å². The SMILES string of the molecule is CC(C)CC(O)CNS(=O)(=O)c1ccc(C(C)C)cc1. The van der Waals surface area contributed by atoms with E-state index in [2.05, 4.69) is 18.6 Å². The fourth-order valence-corrected chi connectivity index (χ4v) is 3.02. The number of nitrogens with one attached hydrogen (secondary N) is 1. The molecule has 0 heterocycles. The van der Waals surface area contributed by atoms with Crippen LogP contribution in [-0.2, 0) is 10.0 Å². The van der Waals surface area contributed by atoms with E-state index in [1.165, 1.54) is 0 Å². The van der Waals surface area contributed by atoms with E-state index >= 15 is 0 Å². The predicted octanol–water partition coefficient (Wildman–Crippen LogP) is 2.50. The molecule has 1 rings (SSSR count). The molecule has 0 fully saturated rings. The van der Waals surface area contributed by atoms with E-state index in [0.717, 1.165) is 5.56 Å². The molecule has 1 unspecified atom stereocenters. The van der Waals surface area contributed by atoms with Crippen LogP contribution in [0, 0.1) is 5.92 Å². The highest BCUT2D eigenvalue weighted by Crippen LogP contribution is 2.17. The van der Waals surface area contributed by atoms with Gasteiger partial charge in [-0.1, -0.05) is 39.8 Å². The van der Waals surface area contributed by atoms with Gasteiger partial charge in [0.15, 0.2) is 0 Å². The molecule has 0 saturated heterocycles. The number of hydrogen-bond donors (Lipinski definition) is 2. The first kappa shape index (κ1) is 17.1. The molecule has 5 heteroatoms. The second kappa shape index (κ2) is 7.20. The van der Waals surface area contributed by atoms with E-state index in [0.29, 0.717) is 18.3 Å². The van der Waals surface area contributed by atoms with Crippen LogP contribution in [0.1, 0.15) is 45.6 Å². The lowest BCUT2D eigenvalue weighted by Gasteiger charge is -2.14. The van der Waals surface area contributed by atoms with Gasteiger partial charge < -0.3 is 5.11 Å². The Morgan fingerprint density at radius 1 is 1.10 bits per heavy atom. The van der Waals surface area contributed by atoms with Gasteiger partial charge in [-0.25, -0.2) is 13.1 Å². The zero-order valence-corrected chi connectivity index (χ0v) is 13.4. The molecule has 0 aromatic heterocycles. The van der Waals surface area contributed by atoms with Crippen LogP contribution in [0.4, 0.5) is 0 Å². The van der Waals surface area contributed by atoms with Crippen molar-refractivity contribution in [2.45, 2.75) is 51.0 Å². The summed E-state index contributed by atoms with van der Waals surface area (Å²) in [7, 11) is -3.54. The third kappa shape index (κ3) is 5.23. The average molecular weight is 299 g/mol. The Balaban J connectivity index is 2.69. The van der Waals surface area contributed by atoms with Gasteiger partial charge in [-0.3, -0.25) is 0 Å². The van der Waals surface area contributed by atoms with Crippen molar-refractivity contribution in [2.75, 3.05) is 6.54 Å². The maximum atomic E-state index is 12.1. The van der Waals surface area contributed by atoms with E-state index in [1.807, 2.05) is 26.0 Å². The Bertz CT molecular complexity index is 506. The summed E-state index contributed by atoms with van der Waals surface area (Å²) in [6.45, 7) is 8.14. The third-order valence-corrected chi connectivity index (χ3v) is 4.55. The molecule has 0 aliphatic rings. The highest BCUT2D eigenvalue weighted by molar-refractivity contribution is 7.89. The standard InChI is InChI=1S/C15H25NO3S/c1-11(2)9-14(17)10-16-20(18,19)15-7-5-13(6-8-15)12(3)4/h5-8,11-12,14,16-17H,9-10H2,1-4H3. The first-order valence-corrected chi connectivity index (χ1v) is 8.48. The summed E-state index contributed by atoms with van der Waals surface area (Å²) in [5.41, 5.74) is 1.10.